The summed E-state index contributed by atoms with van der Waals surface area (Å²) in [6.45, 7) is 9.84. The lowest BCUT2D eigenvalue weighted by Crippen LogP contribution is -2.45. The van der Waals surface area contributed by atoms with Gasteiger partial charge >= 0.3 is 0 Å². The van der Waals surface area contributed by atoms with Crippen molar-refractivity contribution in [2.75, 3.05) is 0 Å². The highest BCUT2D eigenvalue weighted by atomic mass is 16.2. The van der Waals surface area contributed by atoms with E-state index in [1.54, 1.807) is 25.1 Å². The van der Waals surface area contributed by atoms with Crippen LogP contribution < -0.4 is 16.2 Å². The number of hydrogen-bond donors (Lipinski definition) is 2. The van der Waals surface area contributed by atoms with Crippen molar-refractivity contribution in [1.82, 2.24) is 20.2 Å². The lowest BCUT2D eigenvalue weighted by atomic mass is 10.0. The number of rotatable bonds is 4. The molecule has 0 radical (unpaired) electrons. The number of fused-ring (bicyclic) bond motifs is 1. The van der Waals surface area contributed by atoms with Crippen molar-refractivity contribution in [3.63, 3.8) is 0 Å². The van der Waals surface area contributed by atoms with Crippen LogP contribution in [0.4, 0.5) is 0 Å². The minimum atomic E-state index is -0.765. The molecule has 2 N–H and O–H groups in total. The van der Waals surface area contributed by atoms with Crippen molar-refractivity contribution in [2.24, 2.45) is 0 Å². The molecule has 1 aliphatic heterocycles. The van der Waals surface area contributed by atoms with Crippen LogP contribution in [0, 0.1) is 6.92 Å². The number of nitrogens with zero attached hydrogens (tertiary/aromatic N) is 2. The number of aromatic nitrogens is 2. The average molecular weight is 388 g/mol. The number of amides is 3. The Morgan fingerprint density at radius 1 is 1.21 bits per heavy atom. The molecule has 1 atom stereocenters. The molecule has 0 bridgehead atoms. The molecule has 1 aromatic carbocycles. The van der Waals surface area contributed by atoms with E-state index in [0.29, 0.717) is 28.7 Å². The average Bonchev–Trinajstić information content (AvgIpc) is 2.70. The maximum absolute atomic E-state index is 13.0. The van der Waals surface area contributed by atoms with E-state index in [9.17, 15) is 19.2 Å². The third-order valence-electron chi connectivity index (χ3n) is 4.09. The molecule has 1 saturated heterocycles. The Bertz CT molecular complexity index is 905. The van der Waals surface area contributed by atoms with E-state index in [0.717, 1.165) is 0 Å². The van der Waals surface area contributed by atoms with Crippen LogP contribution in [0.3, 0.4) is 0 Å². The third-order valence-corrected chi connectivity index (χ3v) is 4.09. The summed E-state index contributed by atoms with van der Waals surface area (Å²) in [6, 6.07) is 4.43. The summed E-state index contributed by atoms with van der Waals surface area (Å²) in [6.07, 6.45) is 0.987. The summed E-state index contributed by atoms with van der Waals surface area (Å²) in [5.41, 5.74) is 0.777. The Labute approximate surface area is 164 Å². The third kappa shape index (κ3) is 4.82. The van der Waals surface area contributed by atoms with E-state index in [1.807, 2.05) is 27.7 Å². The van der Waals surface area contributed by atoms with Gasteiger partial charge in [-0.1, -0.05) is 39.8 Å². The lowest BCUT2D eigenvalue weighted by molar-refractivity contribution is -0.135. The largest absolute Gasteiger partial charge is 0.355 e. The fourth-order valence-corrected chi connectivity index (χ4v) is 3.02. The molecular weight excluding hydrogens is 360 g/mol. The molecule has 0 saturated carbocycles. The predicted octanol–water partition coefficient (Wildman–Crippen LogP) is 1.98. The maximum atomic E-state index is 13.0. The second-order valence-electron chi connectivity index (χ2n) is 5.61. The molecule has 1 unspecified atom stereocenters. The molecule has 0 aliphatic carbocycles. The van der Waals surface area contributed by atoms with Crippen molar-refractivity contribution >= 4 is 29.1 Å². The molecule has 152 valence electrons. The van der Waals surface area contributed by atoms with E-state index in [-0.39, 0.29) is 30.9 Å². The fourth-order valence-electron chi connectivity index (χ4n) is 3.02. The highest BCUT2D eigenvalue weighted by Crippen LogP contribution is 2.21. The van der Waals surface area contributed by atoms with Gasteiger partial charge in [-0.25, -0.2) is 4.98 Å². The summed E-state index contributed by atoms with van der Waals surface area (Å²) < 4.78 is 1.33. The lowest BCUT2D eigenvalue weighted by Gasteiger charge is -2.24. The van der Waals surface area contributed by atoms with E-state index >= 15 is 0 Å². The van der Waals surface area contributed by atoms with E-state index in [1.165, 1.54) is 4.57 Å². The van der Waals surface area contributed by atoms with E-state index < -0.39 is 11.9 Å². The number of carbonyl (C=O) groups excluding carboxylic acids is 3. The molecule has 1 fully saturated rings. The van der Waals surface area contributed by atoms with Gasteiger partial charge in [0.15, 0.2) is 0 Å². The first kappa shape index (κ1) is 23.0. The Kier molecular flexibility index (Phi) is 9.01. The van der Waals surface area contributed by atoms with Crippen LogP contribution in [0.1, 0.15) is 58.0 Å². The van der Waals surface area contributed by atoms with Gasteiger partial charge in [0.1, 0.15) is 11.9 Å². The number of piperidine rings is 1. The minimum absolute atomic E-state index is 0.175. The van der Waals surface area contributed by atoms with E-state index in [4.69, 9.17) is 0 Å². The summed E-state index contributed by atoms with van der Waals surface area (Å²) >= 11 is 0. The van der Waals surface area contributed by atoms with Gasteiger partial charge in [-0.15, -0.1) is 0 Å². The standard InChI is InChI=1S/C16H16N4O4.2C2H6/c1-9-18-11-4-2-3-10(7-17-8-21)14(11)16(24)20(9)12-5-6-13(22)19-15(12)23;2*1-2/h2-4,8,12H,5-7H2,1H3,(H,17,21)(H,19,22,23);2*1-2H3. The number of aryl methyl sites for hydroxylation is 1. The van der Waals surface area contributed by atoms with Crippen LogP contribution in [0.15, 0.2) is 23.0 Å². The van der Waals surface area contributed by atoms with Gasteiger partial charge in [0.25, 0.3) is 5.56 Å². The van der Waals surface area contributed by atoms with Crippen molar-refractivity contribution in [1.29, 1.82) is 0 Å². The van der Waals surface area contributed by atoms with Crippen LogP contribution in [0.2, 0.25) is 0 Å². The summed E-state index contributed by atoms with van der Waals surface area (Å²) in [5.74, 6) is -0.435. The predicted molar refractivity (Wildman–Crippen MR) is 108 cm³/mol. The molecule has 28 heavy (non-hydrogen) atoms. The molecule has 1 aromatic heterocycles. The first-order chi connectivity index (χ1) is 13.5. The van der Waals surface area contributed by atoms with Gasteiger partial charge in [0.2, 0.25) is 18.2 Å². The Morgan fingerprint density at radius 2 is 1.89 bits per heavy atom. The summed E-state index contributed by atoms with van der Waals surface area (Å²) in [7, 11) is 0. The first-order valence-electron chi connectivity index (χ1n) is 9.54. The minimum Gasteiger partial charge on any atom is -0.355 e. The highest BCUT2D eigenvalue weighted by molar-refractivity contribution is 5.99. The second-order valence-corrected chi connectivity index (χ2v) is 5.61. The molecule has 8 nitrogen and oxygen atoms in total. The quantitative estimate of drug-likeness (QED) is 0.615. The molecule has 2 heterocycles. The van der Waals surface area contributed by atoms with Gasteiger partial charge in [0.05, 0.1) is 10.9 Å². The van der Waals surface area contributed by atoms with Gasteiger partial charge in [-0.05, 0) is 25.0 Å². The number of imide groups is 1. The normalized spacial score (nSPS) is 15.5. The van der Waals surface area contributed by atoms with Crippen molar-refractivity contribution in [2.45, 2.75) is 60.0 Å². The Morgan fingerprint density at radius 3 is 2.50 bits per heavy atom. The topological polar surface area (TPSA) is 110 Å². The zero-order valence-electron chi connectivity index (χ0n) is 17.0. The van der Waals surface area contributed by atoms with Crippen molar-refractivity contribution in [3.8, 4) is 0 Å². The Balaban J connectivity index is 0.000000921. The number of carbonyl (C=O) groups is 3. The zero-order valence-corrected chi connectivity index (χ0v) is 17.0. The van der Waals surface area contributed by atoms with Crippen LogP contribution >= 0.6 is 0 Å². The molecule has 8 heteroatoms. The number of nitrogens with one attached hydrogen (secondary N) is 2. The first-order valence-corrected chi connectivity index (χ1v) is 9.54. The van der Waals surface area contributed by atoms with Gasteiger partial charge in [-0.3, -0.25) is 29.1 Å². The monoisotopic (exact) mass is 388 g/mol. The SMILES string of the molecule is CC.CC.Cc1nc2cccc(CNC=O)c2c(=O)n1C1CCC(=O)NC1=O. The second kappa shape index (κ2) is 11.0. The summed E-state index contributed by atoms with van der Waals surface area (Å²) in [5, 5.41) is 5.15. The van der Waals surface area contributed by atoms with Crippen molar-refractivity contribution < 1.29 is 14.4 Å². The fraction of sp³-hybridized carbons (Fsp3) is 0.450. The smallest absolute Gasteiger partial charge is 0.262 e. The zero-order chi connectivity index (χ0) is 21.3. The summed E-state index contributed by atoms with van der Waals surface area (Å²) in [4.78, 5) is 51.4. The maximum Gasteiger partial charge on any atom is 0.262 e. The van der Waals surface area contributed by atoms with Crippen LogP contribution in [-0.2, 0) is 20.9 Å². The van der Waals surface area contributed by atoms with Gasteiger partial charge in [0, 0.05) is 13.0 Å². The molecule has 1 aliphatic rings. The highest BCUT2D eigenvalue weighted by Gasteiger charge is 2.30. The molecule has 3 amide bonds. The molecule has 2 aromatic rings. The van der Waals surface area contributed by atoms with E-state index in [2.05, 4.69) is 15.6 Å². The molecular formula is C20H28N4O4. The van der Waals surface area contributed by atoms with Crippen LogP contribution in [-0.4, -0.2) is 27.8 Å². The van der Waals surface area contributed by atoms with Crippen molar-refractivity contribution in [3.05, 3.63) is 39.9 Å². The Hall–Kier alpha value is -3.03. The molecule has 3 rings (SSSR count). The van der Waals surface area contributed by atoms with Gasteiger partial charge < -0.3 is 5.32 Å². The van der Waals surface area contributed by atoms with Crippen LogP contribution in [0.25, 0.3) is 10.9 Å². The number of hydrogen-bond acceptors (Lipinski definition) is 5. The van der Waals surface area contributed by atoms with Crippen LogP contribution in [0.5, 0.6) is 0 Å². The molecule has 0 spiro atoms. The number of benzene rings is 1. The van der Waals surface area contributed by atoms with Gasteiger partial charge in [-0.2, -0.15) is 0 Å².